The number of hydrogen-bond acceptors (Lipinski definition) is 3. The number of hydrogen-bond donors (Lipinski definition) is 1. The van der Waals surface area contributed by atoms with Gasteiger partial charge in [-0.05, 0) is 67.7 Å². The normalized spacial score (nSPS) is 27.1. The number of carboxylic acid groups (broad SMARTS) is 1. The van der Waals surface area contributed by atoms with Crippen molar-refractivity contribution in [3.8, 4) is 0 Å². The minimum atomic E-state index is -0.795. The Morgan fingerprint density at radius 2 is 2.28 bits per heavy atom. The van der Waals surface area contributed by atoms with Gasteiger partial charge in [-0.25, -0.2) is 0 Å². The molecule has 1 aromatic heterocycles. The number of likely N-dealkylation sites (tertiary alicyclic amines) is 1. The third-order valence-electron chi connectivity index (χ3n) is 3.88. The Labute approximate surface area is 115 Å². The van der Waals surface area contributed by atoms with E-state index in [1.807, 2.05) is 30.9 Å². The lowest BCUT2D eigenvalue weighted by Gasteiger charge is -2.44. The van der Waals surface area contributed by atoms with Gasteiger partial charge in [-0.1, -0.05) is 0 Å². The summed E-state index contributed by atoms with van der Waals surface area (Å²) in [4.78, 5) is 13.6. The molecule has 1 fully saturated rings. The Hall–Kier alpha value is -0.810. The first-order valence-corrected chi connectivity index (χ1v) is 7.00. The fourth-order valence-corrected chi connectivity index (χ4v) is 3.02. The summed E-state index contributed by atoms with van der Waals surface area (Å²) < 4.78 is 6.23. The summed E-state index contributed by atoms with van der Waals surface area (Å²) in [5, 5.41) is 9.49. The van der Waals surface area contributed by atoms with Crippen LogP contribution >= 0.6 is 15.9 Å². The number of piperidine rings is 1. The molecule has 0 aromatic carbocycles. The highest BCUT2D eigenvalue weighted by molar-refractivity contribution is 9.10. The number of furan rings is 1. The van der Waals surface area contributed by atoms with Crippen LogP contribution in [0.4, 0.5) is 0 Å². The molecule has 2 heterocycles. The quantitative estimate of drug-likeness (QED) is 0.928. The second-order valence-electron chi connectivity index (χ2n) is 5.05. The van der Waals surface area contributed by atoms with E-state index in [4.69, 9.17) is 4.42 Å². The summed E-state index contributed by atoms with van der Waals surface area (Å²) in [7, 11) is 0. The van der Waals surface area contributed by atoms with Gasteiger partial charge in [0.25, 0.3) is 0 Å². The van der Waals surface area contributed by atoms with Crippen molar-refractivity contribution >= 4 is 21.9 Å². The predicted molar refractivity (Wildman–Crippen MR) is 71.4 cm³/mol. The summed E-state index contributed by atoms with van der Waals surface area (Å²) in [5.74, 6) is 0.0518. The van der Waals surface area contributed by atoms with Gasteiger partial charge in [0.1, 0.15) is 11.3 Å². The van der Waals surface area contributed by atoms with Crippen molar-refractivity contribution < 1.29 is 14.3 Å². The summed E-state index contributed by atoms with van der Waals surface area (Å²) in [6.45, 7) is 4.60. The molecule has 18 heavy (non-hydrogen) atoms. The van der Waals surface area contributed by atoms with Crippen molar-refractivity contribution in [2.24, 2.45) is 0 Å². The van der Waals surface area contributed by atoms with Gasteiger partial charge < -0.3 is 9.52 Å². The third kappa shape index (κ3) is 2.34. The number of aliphatic carboxylic acids is 1. The molecule has 4 nitrogen and oxygen atoms in total. The van der Waals surface area contributed by atoms with Crippen LogP contribution in [0, 0.1) is 0 Å². The number of carbonyl (C=O) groups is 1. The molecule has 1 aliphatic heterocycles. The van der Waals surface area contributed by atoms with Crippen molar-refractivity contribution in [3.05, 3.63) is 22.6 Å². The molecule has 100 valence electrons. The first-order chi connectivity index (χ1) is 8.45. The van der Waals surface area contributed by atoms with Gasteiger partial charge in [-0.3, -0.25) is 9.69 Å². The molecule has 1 saturated heterocycles. The van der Waals surface area contributed by atoms with Crippen molar-refractivity contribution in [2.45, 2.75) is 44.7 Å². The lowest BCUT2D eigenvalue weighted by molar-refractivity contribution is -0.155. The van der Waals surface area contributed by atoms with Crippen LogP contribution in [-0.4, -0.2) is 28.1 Å². The third-order valence-corrected chi connectivity index (χ3v) is 4.31. The van der Waals surface area contributed by atoms with E-state index in [0.29, 0.717) is 11.1 Å². The Kier molecular flexibility index (Phi) is 3.82. The molecule has 2 atom stereocenters. The summed E-state index contributed by atoms with van der Waals surface area (Å²) in [5.41, 5.74) is -0.795. The molecular formula is C13H18BrNO3. The van der Waals surface area contributed by atoms with E-state index < -0.39 is 11.5 Å². The Balaban J connectivity index is 2.26. The molecule has 2 rings (SSSR count). The highest BCUT2D eigenvalue weighted by atomic mass is 79.9. The molecule has 0 amide bonds. The number of rotatable bonds is 3. The van der Waals surface area contributed by atoms with Gasteiger partial charge >= 0.3 is 5.97 Å². The second kappa shape index (κ2) is 5.05. The number of carboxylic acids is 1. The van der Waals surface area contributed by atoms with E-state index in [1.54, 1.807) is 0 Å². The molecule has 0 spiro atoms. The van der Waals surface area contributed by atoms with Gasteiger partial charge in [0, 0.05) is 0 Å². The van der Waals surface area contributed by atoms with Crippen molar-refractivity contribution in [1.82, 2.24) is 4.90 Å². The minimum absolute atomic E-state index is 0.0299. The van der Waals surface area contributed by atoms with Crippen LogP contribution in [0.1, 0.15) is 44.9 Å². The van der Waals surface area contributed by atoms with Crippen LogP contribution in [0.2, 0.25) is 0 Å². The Morgan fingerprint density at radius 1 is 1.56 bits per heavy atom. The van der Waals surface area contributed by atoms with E-state index in [0.717, 1.165) is 25.1 Å². The van der Waals surface area contributed by atoms with Gasteiger partial charge in [-0.15, -0.1) is 0 Å². The molecule has 5 heteroatoms. The van der Waals surface area contributed by atoms with Crippen LogP contribution in [0.25, 0.3) is 0 Å². The SMILES string of the molecule is CC(c1ccc(Br)o1)N1CCCCC1(C)C(=O)O. The molecule has 0 saturated carbocycles. The molecule has 2 unspecified atom stereocenters. The smallest absolute Gasteiger partial charge is 0.323 e. The number of halogens is 1. The zero-order chi connectivity index (χ0) is 13.3. The molecule has 0 radical (unpaired) electrons. The van der Waals surface area contributed by atoms with Gasteiger partial charge in [0.2, 0.25) is 0 Å². The maximum Gasteiger partial charge on any atom is 0.323 e. The van der Waals surface area contributed by atoms with Crippen molar-refractivity contribution in [2.75, 3.05) is 6.54 Å². The topological polar surface area (TPSA) is 53.7 Å². The lowest BCUT2D eigenvalue weighted by Crippen LogP contribution is -2.55. The lowest BCUT2D eigenvalue weighted by atomic mass is 9.87. The Bertz CT molecular complexity index is 445. The summed E-state index contributed by atoms with van der Waals surface area (Å²) >= 11 is 3.28. The van der Waals surface area contributed by atoms with E-state index in [1.165, 1.54) is 0 Å². The first-order valence-electron chi connectivity index (χ1n) is 6.20. The summed E-state index contributed by atoms with van der Waals surface area (Å²) in [6, 6.07) is 3.71. The first kappa shape index (κ1) is 13.6. The highest BCUT2D eigenvalue weighted by Gasteiger charge is 2.44. The Morgan fingerprint density at radius 3 is 2.83 bits per heavy atom. The van der Waals surface area contributed by atoms with Crippen LogP contribution in [0.15, 0.2) is 21.2 Å². The fourth-order valence-electron chi connectivity index (χ4n) is 2.70. The van der Waals surface area contributed by atoms with Gasteiger partial charge in [0.15, 0.2) is 4.67 Å². The maximum absolute atomic E-state index is 11.5. The number of nitrogens with zero attached hydrogens (tertiary/aromatic N) is 1. The summed E-state index contributed by atoms with van der Waals surface area (Å²) in [6.07, 6.45) is 2.69. The average molecular weight is 316 g/mol. The average Bonchev–Trinajstić information content (AvgIpc) is 2.75. The van der Waals surface area contributed by atoms with Crippen LogP contribution in [0.3, 0.4) is 0 Å². The molecule has 1 aromatic rings. The molecule has 1 N–H and O–H groups in total. The monoisotopic (exact) mass is 315 g/mol. The maximum atomic E-state index is 11.5. The minimum Gasteiger partial charge on any atom is -0.480 e. The molecular weight excluding hydrogens is 298 g/mol. The standard InChI is InChI=1S/C13H18BrNO3/c1-9(10-5-6-11(14)18-10)15-8-4-3-7-13(15,2)12(16)17/h5-6,9H,3-4,7-8H2,1-2H3,(H,16,17). The van der Waals surface area contributed by atoms with Crippen molar-refractivity contribution in [3.63, 3.8) is 0 Å². The van der Waals surface area contributed by atoms with Gasteiger partial charge in [0.05, 0.1) is 6.04 Å². The molecule has 0 bridgehead atoms. The largest absolute Gasteiger partial charge is 0.480 e. The zero-order valence-corrected chi connectivity index (χ0v) is 12.2. The fraction of sp³-hybridized carbons (Fsp3) is 0.615. The van der Waals surface area contributed by atoms with E-state index in [2.05, 4.69) is 15.9 Å². The van der Waals surface area contributed by atoms with E-state index >= 15 is 0 Å². The molecule has 0 aliphatic carbocycles. The molecule has 1 aliphatic rings. The van der Waals surface area contributed by atoms with E-state index in [-0.39, 0.29) is 6.04 Å². The van der Waals surface area contributed by atoms with Crippen molar-refractivity contribution in [1.29, 1.82) is 0 Å². The van der Waals surface area contributed by atoms with Crippen LogP contribution in [0.5, 0.6) is 0 Å². The second-order valence-corrected chi connectivity index (χ2v) is 5.83. The highest BCUT2D eigenvalue weighted by Crippen LogP contribution is 2.36. The van der Waals surface area contributed by atoms with E-state index in [9.17, 15) is 9.90 Å². The predicted octanol–water partition coefficient (Wildman–Crippen LogP) is 3.43. The van der Waals surface area contributed by atoms with Crippen LogP contribution < -0.4 is 0 Å². The van der Waals surface area contributed by atoms with Gasteiger partial charge in [-0.2, -0.15) is 0 Å². The van der Waals surface area contributed by atoms with Crippen LogP contribution in [-0.2, 0) is 4.79 Å². The zero-order valence-electron chi connectivity index (χ0n) is 10.6.